The Balaban J connectivity index is 2.20. The summed E-state index contributed by atoms with van der Waals surface area (Å²) in [6.07, 6.45) is 1.36. The van der Waals surface area contributed by atoms with Crippen molar-refractivity contribution in [1.82, 2.24) is 9.97 Å². The summed E-state index contributed by atoms with van der Waals surface area (Å²) in [4.78, 5) is 30.6. The van der Waals surface area contributed by atoms with Gasteiger partial charge in [0, 0.05) is 11.1 Å². The van der Waals surface area contributed by atoms with Gasteiger partial charge in [-0.3, -0.25) is 4.79 Å². The largest absolute Gasteiger partial charge is 0.481 e. The third-order valence-electron chi connectivity index (χ3n) is 2.36. The number of pyridine rings is 1. The third kappa shape index (κ3) is 3.55. The Morgan fingerprint density at radius 1 is 1.40 bits per heavy atom. The number of aromatic carboxylic acids is 1. The quantitative estimate of drug-likeness (QED) is 0.874. The highest BCUT2D eigenvalue weighted by Crippen LogP contribution is 2.32. The topological polar surface area (TPSA) is 100 Å². The highest BCUT2D eigenvalue weighted by molar-refractivity contribution is 8.01. The third-order valence-corrected chi connectivity index (χ3v) is 4.51. The van der Waals surface area contributed by atoms with Crippen LogP contribution in [0.3, 0.4) is 0 Å². The van der Waals surface area contributed by atoms with Gasteiger partial charge in [-0.25, -0.2) is 14.8 Å². The predicted molar refractivity (Wildman–Crippen MR) is 73.5 cm³/mol. The average molecular weight is 310 g/mol. The lowest BCUT2D eigenvalue weighted by molar-refractivity contribution is -0.136. The molecule has 0 amide bonds. The zero-order valence-electron chi connectivity index (χ0n) is 10.4. The molecule has 0 unspecified atom stereocenters. The van der Waals surface area contributed by atoms with Crippen molar-refractivity contribution in [2.45, 2.75) is 22.7 Å². The van der Waals surface area contributed by atoms with Crippen molar-refractivity contribution in [2.75, 3.05) is 0 Å². The maximum atomic E-state index is 10.9. The van der Waals surface area contributed by atoms with E-state index in [-0.39, 0.29) is 12.0 Å². The first-order chi connectivity index (χ1) is 9.45. The molecular weight excluding hydrogens is 300 g/mol. The molecule has 2 aromatic heterocycles. The molecule has 0 aliphatic heterocycles. The van der Waals surface area contributed by atoms with Crippen LogP contribution in [0, 0.1) is 6.92 Å². The Hall–Kier alpha value is -1.93. The summed E-state index contributed by atoms with van der Waals surface area (Å²) >= 11 is 2.50. The summed E-state index contributed by atoms with van der Waals surface area (Å²) in [5, 5.41) is 18.2. The van der Waals surface area contributed by atoms with Crippen molar-refractivity contribution >= 4 is 35.0 Å². The highest BCUT2D eigenvalue weighted by atomic mass is 32.2. The zero-order valence-corrected chi connectivity index (χ0v) is 12.0. The van der Waals surface area contributed by atoms with Crippen LogP contribution in [0.4, 0.5) is 0 Å². The number of carboxylic acid groups (broad SMARTS) is 2. The summed E-state index contributed by atoms with van der Waals surface area (Å²) in [5.41, 5.74) is 0.829. The van der Waals surface area contributed by atoms with Crippen LogP contribution in [0.5, 0.6) is 0 Å². The fourth-order valence-corrected chi connectivity index (χ4v) is 3.60. The molecule has 0 fully saturated rings. The van der Waals surface area contributed by atoms with Gasteiger partial charge < -0.3 is 10.2 Å². The van der Waals surface area contributed by atoms with Gasteiger partial charge in [0.05, 0.1) is 17.7 Å². The predicted octanol–water partition coefficient (Wildman–Crippen LogP) is 2.32. The van der Waals surface area contributed by atoms with E-state index in [9.17, 15) is 9.59 Å². The summed E-state index contributed by atoms with van der Waals surface area (Å²) in [5.74, 6) is -1.92. The standard InChI is InChI=1S/C12H10N2O4S2/c1-6-8(5-10(15)16)19-12(14-6)20-9-4-7(11(17)18)2-3-13-9/h2-4H,5H2,1H3,(H,15,16)(H,17,18). The molecule has 0 bridgehead atoms. The van der Waals surface area contributed by atoms with Gasteiger partial charge in [-0.2, -0.15) is 0 Å². The number of carbonyl (C=O) groups is 2. The Labute approximate surface area is 122 Å². The number of hydrogen-bond donors (Lipinski definition) is 2. The van der Waals surface area contributed by atoms with Crippen molar-refractivity contribution < 1.29 is 19.8 Å². The van der Waals surface area contributed by atoms with Crippen LogP contribution in [0.25, 0.3) is 0 Å². The van der Waals surface area contributed by atoms with E-state index >= 15 is 0 Å². The van der Waals surface area contributed by atoms with E-state index in [4.69, 9.17) is 10.2 Å². The first-order valence-electron chi connectivity index (χ1n) is 5.51. The van der Waals surface area contributed by atoms with Crippen LogP contribution in [-0.4, -0.2) is 32.1 Å². The second-order valence-corrected chi connectivity index (χ2v) is 6.20. The molecule has 0 saturated carbocycles. The molecule has 2 aromatic rings. The number of thiazole rings is 1. The number of aromatic nitrogens is 2. The number of rotatable bonds is 5. The Morgan fingerprint density at radius 2 is 2.15 bits per heavy atom. The molecule has 0 aliphatic carbocycles. The number of aryl methyl sites for hydroxylation is 1. The molecule has 6 nitrogen and oxygen atoms in total. The number of nitrogens with zero attached hydrogens (tertiary/aromatic N) is 2. The van der Waals surface area contributed by atoms with Gasteiger partial charge in [-0.05, 0) is 30.8 Å². The number of hydrogen-bond acceptors (Lipinski definition) is 6. The SMILES string of the molecule is Cc1nc(Sc2cc(C(=O)O)ccn2)sc1CC(=O)O. The van der Waals surface area contributed by atoms with Crippen molar-refractivity contribution in [1.29, 1.82) is 0 Å². The van der Waals surface area contributed by atoms with Crippen LogP contribution in [0.15, 0.2) is 27.7 Å². The lowest BCUT2D eigenvalue weighted by Crippen LogP contribution is -1.99. The van der Waals surface area contributed by atoms with Crippen molar-refractivity contribution in [2.24, 2.45) is 0 Å². The summed E-state index contributed by atoms with van der Waals surface area (Å²) in [6.45, 7) is 1.75. The minimum Gasteiger partial charge on any atom is -0.481 e. The van der Waals surface area contributed by atoms with Crippen molar-refractivity contribution in [3.05, 3.63) is 34.5 Å². The van der Waals surface area contributed by atoms with E-state index in [1.165, 1.54) is 41.4 Å². The molecule has 104 valence electrons. The van der Waals surface area contributed by atoms with E-state index < -0.39 is 11.9 Å². The molecule has 2 rings (SSSR count). The van der Waals surface area contributed by atoms with Gasteiger partial charge in [0.1, 0.15) is 5.03 Å². The molecule has 8 heteroatoms. The highest BCUT2D eigenvalue weighted by Gasteiger charge is 2.13. The van der Waals surface area contributed by atoms with Gasteiger partial charge in [-0.15, -0.1) is 11.3 Å². The molecule has 0 atom stereocenters. The molecule has 0 aromatic carbocycles. The molecular formula is C12H10N2O4S2. The first-order valence-corrected chi connectivity index (χ1v) is 7.14. The smallest absolute Gasteiger partial charge is 0.335 e. The van der Waals surface area contributed by atoms with Crippen molar-refractivity contribution in [3.63, 3.8) is 0 Å². The van der Waals surface area contributed by atoms with E-state index in [1.807, 2.05) is 0 Å². The maximum absolute atomic E-state index is 10.9. The zero-order chi connectivity index (χ0) is 14.7. The second-order valence-electron chi connectivity index (χ2n) is 3.85. The summed E-state index contributed by atoms with van der Waals surface area (Å²) in [7, 11) is 0. The lowest BCUT2D eigenvalue weighted by atomic mass is 10.3. The maximum Gasteiger partial charge on any atom is 0.335 e. The van der Waals surface area contributed by atoms with Crippen LogP contribution < -0.4 is 0 Å². The van der Waals surface area contributed by atoms with Gasteiger partial charge in [0.2, 0.25) is 0 Å². The monoisotopic (exact) mass is 310 g/mol. The second kappa shape index (κ2) is 6.02. The van der Waals surface area contributed by atoms with E-state index in [0.717, 1.165) is 0 Å². The Morgan fingerprint density at radius 3 is 2.80 bits per heavy atom. The first kappa shape index (κ1) is 14.5. The van der Waals surface area contributed by atoms with E-state index in [1.54, 1.807) is 6.92 Å². The van der Waals surface area contributed by atoms with Gasteiger partial charge in [-0.1, -0.05) is 0 Å². The van der Waals surface area contributed by atoms with E-state index in [0.29, 0.717) is 19.9 Å². The normalized spacial score (nSPS) is 10.4. The van der Waals surface area contributed by atoms with Crippen LogP contribution in [0.1, 0.15) is 20.9 Å². The molecule has 0 radical (unpaired) electrons. The van der Waals surface area contributed by atoms with Crippen LogP contribution in [0.2, 0.25) is 0 Å². The molecule has 20 heavy (non-hydrogen) atoms. The summed E-state index contributed by atoms with van der Waals surface area (Å²) < 4.78 is 0.647. The fourth-order valence-electron chi connectivity index (χ4n) is 1.43. The van der Waals surface area contributed by atoms with Gasteiger partial charge >= 0.3 is 11.9 Å². The van der Waals surface area contributed by atoms with Crippen molar-refractivity contribution in [3.8, 4) is 0 Å². The fraction of sp³-hybridized carbons (Fsp3) is 0.167. The summed E-state index contributed by atoms with van der Waals surface area (Å²) in [6, 6.07) is 2.87. The minimum atomic E-state index is -1.02. The van der Waals surface area contributed by atoms with Crippen LogP contribution >= 0.6 is 23.1 Å². The average Bonchev–Trinajstić information content (AvgIpc) is 2.69. The number of carboxylic acids is 2. The number of aliphatic carboxylic acids is 1. The minimum absolute atomic E-state index is 0.0628. The Kier molecular flexibility index (Phi) is 4.35. The molecule has 0 aliphatic rings. The van der Waals surface area contributed by atoms with Crippen LogP contribution in [-0.2, 0) is 11.2 Å². The Bertz CT molecular complexity index is 669. The lowest BCUT2D eigenvalue weighted by Gasteiger charge is -1.98. The van der Waals surface area contributed by atoms with Gasteiger partial charge in [0.15, 0.2) is 4.34 Å². The molecule has 0 spiro atoms. The molecule has 0 saturated heterocycles. The van der Waals surface area contributed by atoms with E-state index in [2.05, 4.69) is 9.97 Å². The van der Waals surface area contributed by atoms with Gasteiger partial charge in [0.25, 0.3) is 0 Å². The molecule has 2 heterocycles. The molecule has 2 N–H and O–H groups in total.